The third-order valence-corrected chi connectivity index (χ3v) is 5.39. The SMILES string of the molecule is COc1ccc(/C=C/C(=O)Oc2ccc3c(c2)OC(N)=C(C#N)C3c2ccccc2OC)cc1. The number of nitrogens with zero attached hydrogens (tertiary/aromatic N) is 1. The monoisotopic (exact) mass is 454 g/mol. The molecule has 0 radical (unpaired) electrons. The summed E-state index contributed by atoms with van der Waals surface area (Å²) in [6.45, 7) is 0. The van der Waals surface area contributed by atoms with E-state index in [4.69, 9.17) is 24.7 Å². The Labute approximate surface area is 197 Å². The zero-order valence-electron chi connectivity index (χ0n) is 18.6. The summed E-state index contributed by atoms with van der Waals surface area (Å²) < 4.78 is 21.8. The number of hydrogen-bond acceptors (Lipinski definition) is 7. The van der Waals surface area contributed by atoms with Gasteiger partial charge >= 0.3 is 5.97 Å². The highest BCUT2D eigenvalue weighted by Gasteiger charge is 2.32. The van der Waals surface area contributed by atoms with E-state index in [-0.39, 0.29) is 17.2 Å². The molecule has 0 bridgehead atoms. The van der Waals surface area contributed by atoms with Gasteiger partial charge in [0, 0.05) is 23.3 Å². The van der Waals surface area contributed by atoms with Crippen molar-refractivity contribution in [1.29, 1.82) is 5.26 Å². The van der Waals surface area contributed by atoms with Crippen LogP contribution in [0, 0.1) is 11.3 Å². The number of benzene rings is 3. The highest BCUT2D eigenvalue weighted by Crippen LogP contribution is 2.45. The predicted octanol–water partition coefficient (Wildman–Crippen LogP) is 4.54. The van der Waals surface area contributed by atoms with Crippen LogP contribution in [0.5, 0.6) is 23.0 Å². The van der Waals surface area contributed by atoms with Crippen LogP contribution in [0.15, 0.2) is 84.3 Å². The van der Waals surface area contributed by atoms with Crippen molar-refractivity contribution in [2.45, 2.75) is 5.92 Å². The summed E-state index contributed by atoms with van der Waals surface area (Å²) in [5.41, 5.74) is 8.67. The van der Waals surface area contributed by atoms with E-state index in [1.54, 1.807) is 50.6 Å². The zero-order chi connectivity index (χ0) is 24.1. The molecular formula is C27H22N2O5. The van der Waals surface area contributed by atoms with Crippen LogP contribution in [0.3, 0.4) is 0 Å². The Bertz CT molecular complexity index is 1320. The van der Waals surface area contributed by atoms with Crippen molar-refractivity contribution >= 4 is 12.0 Å². The summed E-state index contributed by atoms with van der Waals surface area (Å²) >= 11 is 0. The van der Waals surface area contributed by atoms with Crippen LogP contribution < -0.4 is 24.7 Å². The molecule has 170 valence electrons. The molecule has 2 N–H and O–H groups in total. The number of rotatable bonds is 6. The topological polar surface area (TPSA) is 104 Å². The van der Waals surface area contributed by atoms with Gasteiger partial charge in [-0.15, -0.1) is 0 Å². The van der Waals surface area contributed by atoms with Crippen LogP contribution >= 0.6 is 0 Å². The lowest BCUT2D eigenvalue weighted by Crippen LogP contribution is -2.21. The van der Waals surface area contributed by atoms with Crippen LogP contribution in [-0.2, 0) is 4.79 Å². The lowest BCUT2D eigenvalue weighted by molar-refractivity contribution is -0.128. The Morgan fingerprint density at radius 2 is 1.74 bits per heavy atom. The summed E-state index contributed by atoms with van der Waals surface area (Å²) in [4.78, 5) is 12.3. The molecule has 3 aromatic carbocycles. The molecule has 34 heavy (non-hydrogen) atoms. The molecule has 1 atom stereocenters. The summed E-state index contributed by atoms with van der Waals surface area (Å²) in [6, 6.07) is 21.8. The second-order valence-electron chi connectivity index (χ2n) is 7.39. The maximum absolute atomic E-state index is 12.3. The number of para-hydroxylation sites is 1. The number of fused-ring (bicyclic) bond motifs is 1. The van der Waals surface area contributed by atoms with Gasteiger partial charge in [-0.05, 0) is 35.9 Å². The van der Waals surface area contributed by atoms with Crippen molar-refractivity contribution in [3.05, 3.63) is 101 Å². The van der Waals surface area contributed by atoms with Gasteiger partial charge < -0.3 is 24.7 Å². The van der Waals surface area contributed by atoms with E-state index < -0.39 is 11.9 Å². The predicted molar refractivity (Wildman–Crippen MR) is 126 cm³/mol. The molecule has 1 aliphatic heterocycles. The molecular weight excluding hydrogens is 432 g/mol. The van der Waals surface area contributed by atoms with E-state index >= 15 is 0 Å². The Hall–Kier alpha value is -4.70. The van der Waals surface area contributed by atoms with Gasteiger partial charge in [-0.3, -0.25) is 0 Å². The fourth-order valence-corrected chi connectivity index (χ4v) is 3.75. The van der Waals surface area contributed by atoms with Crippen LogP contribution in [0.1, 0.15) is 22.6 Å². The summed E-state index contributed by atoms with van der Waals surface area (Å²) in [7, 11) is 3.16. The van der Waals surface area contributed by atoms with Gasteiger partial charge in [0.05, 0.1) is 20.1 Å². The van der Waals surface area contributed by atoms with Crippen molar-refractivity contribution in [2.24, 2.45) is 5.73 Å². The number of esters is 1. The first kappa shape index (κ1) is 22.5. The fourth-order valence-electron chi connectivity index (χ4n) is 3.75. The first-order valence-electron chi connectivity index (χ1n) is 10.4. The van der Waals surface area contributed by atoms with Crippen LogP contribution in [-0.4, -0.2) is 20.2 Å². The first-order valence-corrected chi connectivity index (χ1v) is 10.4. The number of hydrogen-bond donors (Lipinski definition) is 1. The molecule has 0 saturated carbocycles. The maximum Gasteiger partial charge on any atom is 0.336 e. The van der Waals surface area contributed by atoms with Crippen molar-refractivity contribution < 1.29 is 23.7 Å². The largest absolute Gasteiger partial charge is 0.497 e. The van der Waals surface area contributed by atoms with Crippen LogP contribution in [0.4, 0.5) is 0 Å². The smallest absolute Gasteiger partial charge is 0.336 e. The molecule has 7 heteroatoms. The number of nitriles is 1. The number of ether oxygens (including phenoxy) is 4. The minimum Gasteiger partial charge on any atom is -0.497 e. The standard InChI is InChI=1S/C27H22N2O5/c1-31-18-10-7-17(8-11-18)9-14-25(30)33-19-12-13-21-24(15-19)34-27(29)22(16-28)26(21)20-5-3-4-6-23(20)32-2/h3-15,26H,29H2,1-2H3/b14-9+. The van der Waals surface area contributed by atoms with E-state index in [2.05, 4.69) is 6.07 Å². The number of methoxy groups -OCH3 is 2. The lowest BCUT2D eigenvalue weighted by atomic mass is 9.83. The molecule has 4 rings (SSSR count). The van der Waals surface area contributed by atoms with Gasteiger partial charge in [-0.1, -0.05) is 36.4 Å². The molecule has 7 nitrogen and oxygen atoms in total. The Kier molecular flexibility index (Phi) is 6.51. The average molecular weight is 454 g/mol. The Morgan fingerprint density at radius 3 is 2.44 bits per heavy atom. The normalized spacial score (nSPS) is 14.7. The van der Waals surface area contributed by atoms with Crippen molar-refractivity contribution in [3.8, 4) is 29.1 Å². The van der Waals surface area contributed by atoms with E-state index in [9.17, 15) is 10.1 Å². The van der Waals surface area contributed by atoms with Crippen LogP contribution in [0.25, 0.3) is 6.08 Å². The third kappa shape index (κ3) is 4.57. The second-order valence-corrected chi connectivity index (χ2v) is 7.39. The number of nitrogens with two attached hydrogens (primary N) is 1. The number of carbonyl (C=O) groups is 1. The highest BCUT2D eigenvalue weighted by molar-refractivity contribution is 5.88. The Balaban J connectivity index is 1.59. The molecule has 1 heterocycles. The van der Waals surface area contributed by atoms with Crippen LogP contribution in [0.2, 0.25) is 0 Å². The van der Waals surface area contributed by atoms with Gasteiger partial charge in [0.2, 0.25) is 5.88 Å². The molecule has 1 unspecified atom stereocenters. The zero-order valence-corrected chi connectivity index (χ0v) is 18.6. The third-order valence-electron chi connectivity index (χ3n) is 5.39. The van der Waals surface area contributed by atoms with Crippen molar-refractivity contribution in [1.82, 2.24) is 0 Å². The summed E-state index contributed by atoms with van der Waals surface area (Å²) in [5, 5.41) is 9.75. The molecule has 0 aromatic heterocycles. The molecule has 0 aliphatic carbocycles. The minimum atomic E-state index is -0.547. The summed E-state index contributed by atoms with van der Waals surface area (Å²) in [6.07, 6.45) is 2.98. The van der Waals surface area contributed by atoms with Crippen molar-refractivity contribution in [3.63, 3.8) is 0 Å². The quantitative estimate of drug-likeness (QED) is 0.331. The Morgan fingerprint density at radius 1 is 1.00 bits per heavy atom. The summed E-state index contributed by atoms with van der Waals surface area (Å²) in [5.74, 6) is 1.01. The number of carbonyl (C=O) groups excluding carboxylic acids is 1. The minimum absolute atomic E-state index is 0.00576. The van der Waals surface area contributed by atoms with E-state index in [0.717, 1.165) is 16.9 Å². The van der Waals surface area contributed by atoms with Gasteiger partial charge in [-0.25, -0.2) is 4.79 Å². The molecule has 1 aliphatic rings. The highest BCUT2D eigenvalue weighted by atomic mass is 16.5. The van der Waals surface area contributed by atoms with E-state index in [0.29, 0.717) is 17.1 Å². The van der Waals surface area contributed by atoms with Crippen molar-refractivity contribution in [2.75, 3.05) is 14.2 Å². The molecule has 0 saturated heterocycles. The molecule has 3 aromatic rings. The lowest BCUT2D eigenvalue weighted by Gasteiger charge is -2.27. The van der Waals surface area contributed by atoms with Gasteiger partial charge in [0.1, 0.15) is 34.6 Å². The fraction of sp³-hybridized carbons (Fsp3) is 0.111. The molecule has 0 amide bonds. The van der Waals surface area contributed by atoms with Gasteiger partial charge in [0.15, 0.2) is 0 Å². The van der Waals surface area contributed by atoms with Gasteiger partial charge in [-0.2, -0.15) is 5.26 Å². The van der Waals surface area contributed by atoms with E-state index in [1.807, 2.05) is 36.4 Å². The molecule has 0 spiro atoms. The second kappa shape index (κ2) is 9.84. The van der Waals surface area contributed by atoms with Gasteiger partial charge in [0.25, 0.3) is 0 Å². The molecule has 0 fully saturated rings. The first-order chi connectivity index (χ1) is 16.5. The maximum atomic E-state index is 12.3. The number of allylic oxidation sites excluding steroid dienone is 1. The van der Waals surface area contributed by atoms with E-state index in [1.165, 1.54) is 6.08 Å². The average Bonchev–Trinajstić information content (AvgIpc) is 2.86.